The summed E-state index contributed by atoms with van der Waals surface area (Å²) in [4.78, 5) is 0. The first-order valence-electron chi connectivity index (χ1n) is 12.1. The number of nitrogens with two attached hydrogens (primary N) is 1. The fourth-order valence-corrected chi connectivity index (χ4v) is 3.69. The average molecular weight is 354 g/mol. The fraction of sp³-hybridized carbons (Fsp3) is 1.00. The van der Waals surface area contributed by atoms with Crippen LogP contribution in [0.1, 0.15) is 149 Å². The van der Waals surface area contributed by atoms with E-state index in [9.17, 15) is 0 Å². The van der Waals surface area contributed by atoms with Gasteiger partial charge in [0.15, 0.2) is 0 Å². The van der Waals surface area contributed by atoms with Gasteiger partial charge in [0.1, 0.15) is 0 Å². The highest BCUT2D eigenvalue weighted by molar-refractivity contribution is 4.58. The lowest BCUT2D eigenvalue weighted by Gasteiger charge is -2.07. The molecule has 0 spiro atoms. The summed E-state index contributed by atoms with van der Waals surface area (Å²) in [6, 6.07) is 0.450. The summed E-state index contributed by atoms with van der Waals surface area (Å²) >= 11 is 0. The Morgan fingerprint density at radius 1 is 0.440 bits per heavy atom. The molecule has 152 valence electrons. The zero-order chi connectivity index (χ0) is 18.4. The maximum absolute atomic E-state index is 5.95. The summed E-state index contributed by atoms with van der Waals surface area (Å²) in [6.45, 7) is 4.49. The molecule has 1 heteroatoms. The quantitative estimate of drug-likeness (QED) is 0.205. The Labute approximate surface area is 160 Å². The third-order valence-electron chi connectivity index (χ3n) is 5.70. The van der Waals surface area contributed by atoms with Gasteiger partial charge < -0.3 is 5.73 Å². The summed E-state index contributed by atoms with van der Waals surface area (Å²) in [5, 5.41) is 0. The van der Waals surface area contributed by atoms with Crippen molar-refractivity contribution in [3.63, 3.8) is 0 Å². The van der Waals surface area contributed by atoms with E-state index >= 15 is 0 Å². The van der Waals surface area contributed by atoms with Gasteiger partial charge in [-0.1, -0.05) is 136 Å². The summed E-state index contributed by atoms with van der Waals surface area (Å²) in [5.74, 6) is 0. The van der Waals surface area contributed by atoms with Crippen molar-refractivity contribution in [2.75, 3.05) is 0 Å². The molecule has 0 saturated carbocycles. The lowest BCUT2D eigenvalue weighted by atomic mass is 10.0. The summed E-state index contributed by atoms with van der Waals surface area (Å²) in [5.41, 5.74) is 5.95. The highest BCUT2D eigenvalue weighted by atomic mass is 14.6. The molecule has 0 aliphatic carbocycles. The van der Waals surface area contributed by atoms with E-state index in [1.807, 2.05) is 0 Å². The SMILES string of the molecule is CCCCCCCCCCCCCCCCCCCCCC(N)CC. The molecule has 0 aliphatic heterocycles. The molecule has 1 nitrogen and oxygen atoms in total. The first kappa shape index (κ1) is 25.0. The van der Waals surface area contributed by atoms with Crippen molar-refractivity contribution >= 4 is 0 Å². The Kier molecular flexibility index (Phi) is 22.0. The Balaban J connectivity index is 2.98. The molecule has 1 unspecified atom stereocenters. The van der Waals surface area contributed by atoms with E-state index < -0.39 is 0 Å². The van der Waals surface area contributed by atoms with E-state index in [0.717, 1.165) is 6.42 Å². The molecule has 0 heterocycles. The van der Waals surface area contributed by atoms with E-state index in [-0.39, 0.29) is 0 Å². The second-order valence-electron chi connectivity index (χ2n) is 8.32. The van der Waals surface area contributed by atoms with Crippen LogP contribution in [-0.4, -0.2) is 6.04 Å². The third kappa shape index (κ3) is 21.9. The van der Waals surface area contributed by atoms with E-state index in [2.05, 4.69) is 13.8 Å². The van der Waals surface area contributed by atoms with Crippen LogP contribution in [0.3, 0.4) is 0 Å². The third-order valence-corrected chi connectivity index (χ3v) is 5.70. The van der Waals surface area contributed by atoms with Crippen LogP contribution in [0.2, 0.25) is 0 Å². The van der Waals surface area contributed by atoms with Crippen LogP contribution < -0.4 is 5.73 Å². The highest BCUT2D eigenvalue weighted by Gasteiger charge is 1.98. The standard InChI is InChI=1S/C24H51N/c1-3-5-6-7-8-9-10-11-12-13-14-15-16-17-18-19-20-21-22-23-24(25)4-2/h24H,3-23,25H2,1-2H3. The Hall–Kier alpha value is -0.0400. The number of unbranched alkanes of at least 4 members (excludes halogenated alkanes) is 18. The molecular weight excluding hydrogens is 302 g/mol. The van der Waals surface area contributed by atoms with Gasteiger partial charge in [-0.25, -0.2) is 0 Å². The Morgan fingerprint density at radius 2 is 0.720 bits per heavy atom. The smallest absolute Gasteiger partial charge is 0.00362 e. The average Bonchev–Trinajstić information content (AvgIpc) is 2.63. The molecule has 1 atom stereocenters. The topological polar surface area (TPSA) is 26.0 Å². The molecule has 0 aliphatic rings. The van der Waals surface area contributed by atoms with E-state index in [4.69, 9.17) is 5.73 Å². The van der Waals surface area contributed by atoms with E-state index in [1.54, 1.807) is 0 Å². The first-order chi connectivity index (χ1) is 12.3. The second kappa shape index (κ2) is 22.0. The van der Waals surface area contributed by atoms with Gasteiger partial charge in [0, 0.05) is 6.04 Å². The summed E-state index contributed by atoms with van der Waals surface area (Å²) in [6.07, 6.45) is 29.9. The molecule has 0 saturated heterocycles. The number of rotatable bonds is 21. The number of hydrogen-bond donors (Lipinski definition) is 1. The molecule has 0 aromatic carbocycles. The molecular formula is C24H51N. The van der Waals surface area contributed by atoms with Gasteiger partial charge >= 0.3 is 0 Å². The van der Waals surface area contributed by atoms with Crippen molar-refractivity contribution in [1.82, 2.24) is 0 Å². The van der Waals surface area contributed by atoms with Crippen LogP contribution in [-0.2, 0) is 0 Å². The second-order valence-corrected chi connectivity index (χ2v) is 8.32. The molecule has 2 N–H and O–H groups in total. The van der Waals surface area contributed by atoms with Gasteiger partial charge in [0.05, 0.1) is 0 Å². The minimum absolute atomic E-state index is 0.450. The lowest BCUT2D eigenvalue weighted by Crippen LogP contribution is -2.17. The fourth-order valence-electron chi connectivity index (χ4n) is 3.69. The van der Waals surface area contributed by atoms with Gasteiger partial charge in [0.2, 0.25) is 0 Å². The van der Waals surface area contributed by atoms with E-state index in [1.165, 1.54) is 128 Å². The van der Waals surface area contributed by atoms with Gasteiger partial charge in [-0.2, -0.15) is 0 Å². The van der Waals surface area contributed by atoms with E-state index in [0.29, 0.717) is 6.04 Å². The zero-order valence-corrected chi connectivity index (χ0v) is 18.0. The van der Waals surface area contributed by atoms with Gasteiger partial charge in [-0.15, -0.1) is 0 Å². The van der Waals surface area contributed by atoms with Crippen molar-refractivity contribution < 1.29 is 0 Å². The monoisotopic (exact) mass is 353 g/mol. The minimum atomic E-state index is 0.450. The van der Waals surface area contributed by atoms with Gasteiger partial charge in [-0.3, -0.25) is 0 Å². The first-order valence-corrected chi connectivity index (χ1v) is 12.1. The van der Waals surface area contributed by atoms with Crippen molar-refractivity contribution in [2.45, 2.75) is 155 Å². The van der Waals surface area contributed by atoms with Gasteiger partial charge in [-0.05, 0) is 12.8 Å². The largest absolute Gasteiger partial charge is 0.328 e. The normalized spacial score (nSPS) is 12.6. The number of hydrogen-bond acceptors (Lipinski definition) is 1. The Morgan fingerprint density at radius 3 is 1.00 bits per heavy atom. The summed E-state index contributed by atoms with van der Waals surface area (Å²) < 4.78 is 0. The predicted molar refractivity (Wildman–Crippen MR) is 116 cm³/mol. The molecule has 0 bridgehead atoms. The zero-order valence-electron chi connectivity index (χ0n) is 18.0. The molecule has 0 fully saturated rings. The molecule has 25 heavy (non-hydrogen) atoms. The van der Waals surface area contributed by atoms with Crippen molar-refractivity contribution in [1.29, 1.82) is 0 Å². The predicted octanol–water partition coefficient (Wildman–Crippen LogP) is 8.55. The maximum Gasteiger partial charge on any atom is 0.00362 e. The van der Waals surface area contributed by atoms with Gasteiger partial charge in [0.25, 0.3) is 0 Å². The molecule has 0 radical (unpaired) electrons. The highest BCUT2D eigenvalue weighted by Crippen LogP contribution is 2.15. The van der Waals surface area contributed by atoms with Crippen LogP contribution in [0.4, 0.5) is 0 Å². The van der Waals surface area contributed by atoms with Crippen LogP contribution >= 0.6 is 0 Å². The van der Waals surface area contributed by atoms with Crippen molar-refractivity contribution in [3.8, 4) is 0 Å². The molecule has 0 rings (SSSR count). The van der Waals surface area contributed by atoms with Crippen molar-refractivity contribution in [2.24, 2.45) is 5.73 Å². The molecule has 0 amide bonds. The van der Waals surface area contributed by atoms with Crippen LogP contribution in [0.25, 0.3) is 0 Å². The van der Waals surface area contributed by atoms with Crippen LogP contribution in [0, 0.1) is 0 Å². The summed E-state index contributed by atoms with van der Waals surface area (Å²) in [7, 11) is 0. The van der Waals surface area contributed by atoms with Crippen molar-refractivity contribution in [3.05, 3.63) is 0 Å². The van der Waals surface area contributed by atoms with Crippen LogP contribution in [0.15, 0.2) is 0 Å². The molecule has 0 aromatic heterocycles. The maximum atomic E-state index is 5.95. The van der Waals surface area contributed by atoms with Crippen LogP contribution in [0.5, 0.6) is 0 Å². The Bertz CT molecular complexity index is 226. The minimum Gasteiger partial charge on any atom is -0.328 e. The molecule has 0 aromatic rings. The lowest BCUT2D eigenvalue weighted by molar-refractivity contribution is 0.508.